The van der Waals surface area contributed by atoms with Crippen LogP contribution >= 0.6 is 0 Å². The van der Waals surface area contributed by atoms with Crippen molar-refractivity contribution >= 4 is 6.08 Å². The number of aliphatic hydroxyl groups is 1. The summed E-state index contributed by atoms with van der Waals surface area (Å²) in [5.41, 5.74) is 1.77. The molecule has 0 saturated heterocycles. The van der Waals surface area contributed by atoms with Gasteiger partial charge in [0, 0.05) is 6.20 Å². The van der Waals surface area contributed by atoms with Gasteiger partial charge in [-0.25, -0.2) is 0 Å². The van der Waals surface area contributed by atoms with Crippen LogP contribution in [-0.4, -0.2) is 16.2 Å². The lowest BCUT2D eigenvalue weighted by atomic mass is 10.1. The van der Waals surface area contributed by atoms with E-state index in [0.717, 1.165) is 11.3 Å². The number of rotatable bonds is 4. The molecule has 0 unspecified atom stereocenters. The van der Waals surface area contributed by atoms with E-state index in [0.29, 0.717) is 6.42 Å². The molecule has 0 radical (unpaired) electrons. The first kappa shape index (κ1) is 10.7. The third-order valence-electron chi connectivity index (χ3n) is 1.98. The molecule has 2 heteroatoms. The Kier molecular flexibility index (Phi) is 4.08. The summed E-state index contributed by atoms with van der Waals surface area (Å²) in [4.78, 5) is 4.15. The fourth-order valence-corrected chi connectivity index (χ4v) is 1.13. The van der Waals surface area contributed by atoms with Gasteiger partial charge in [0.05, 0.1) is 11.8 Å². The van der Waals surface area contributed by atoms with Gasteiger partial charge in [-0.1, -0.05) is 12.1 Å². The maximum absolute atomic E-state index is 9.61. The van der Waals surface area contributed by atoms with Crippen molar-refractivity contribution in [1.82, 2.24) is 4.98 Å². The van der Waals surface area contributed by atoms with E-state index >= 15 is 0 Å². The van der Waals surface area contributed by atoms with Crippen LogP contribution in [0.1, 0.15) is 19.0 Å². The SMILES string of the molecule is C=CC[C@@H](O)/C(C)=C/c1ccccn1. The molecule has 2 nitrogen and oxygen atoms in total. The van der Waals surface area contributed by atoms with Gasteiger partial charge in [0.15, 0.2) is 0 Å². The van der Waals surface area contributed by atoms with Crippen molar-refractivity contribution in [3.05, 3.63) is 48.3 Å². The Morgan fingerprint density at radius 1 is 1.64 bits per heavy atom. The molecule has 1 aromatic rings. The minimum atomic E-state index is -0.450. The molecule has 1 rings (SSSR count). The predicted molar refractivity (Wildman–Crippen MR) is 58.7 cm³/mol. The fourth-order valence-electron chi connectivity index (χ4n) is 1.13. The molecule has 0 spiro atoms. The molecular formula is C12H15NO. The van der Waals surface area contributed by atoms with E-state index < -0.39 is 6.10 Å². The smallest absolute Gasteiger partial charge is 0.0785 e. The van der Waals surface area contributed by atoms with Crippen LogP contribution in [0.5, 0.6) is 0 Å². The van der Waals surface area contributed by atoms with Gasteiger partial charge in [0.25, 0.3) is 0 Å². The summed E-state index contributed by atoms with van der Waals surface area (Å²) in [5.74, 6) is 0. The summed E-state index contributed by atoms with van der Waals surface area (Å²) in [6, 6.07) is 5.70. The molecule has 0 amide bonds. The van der Waals surface area contributed by atoms with E-state index in [4.69, 9.17) is 0 Å². The summed E-state index contributed by atoms with van der Waals surface area (Å²) in [6.45, 7) is 5.48. The fraction of sp³-hybridized carbons (Fsp3) is 0.250. The Morgan fingerprint density at radius 3 is 3.00 bits per heavy atom. The van der Waals surface area contributed by atoms with Crippen LogP contribution < -0.4 is 0 Å². The van der Waals surface area contributed by atoms with Crippen molar-refractivity contribution in [1.29, 1.82) is 0 Å². The largest absolute Gasteiger partial charge is 0.388 e. The van der Waals surface area contributed by atoms with Crippen LogP contribution in [0.3, 0.4) is 0 Å². The summed E-state index contributed by atoms with van der Waals surface area (Å²) in [5, 5.41) is 9.61. The van der Waals surface area contributed by atoms with Gasteiger partial charge in [-0.15, -0.1) is 6.58 Å². The van der Waals surface area contributed by atoms with Crippen LogP contribution in [0.25, 0.3) is 6.08 Å². The van der Waals surface area contributed by atoms with Crippen LogP contribution in [0.2, 0.25) is 0 Å². The number of pyridine rings is 1. The van der Waals surface area contributed by atoms with E-state index in [-0.39, 0.29) is 0 Å². The number of aromatic nitrogens is 1. The van der Waals surface area contributed by atoms with Crippen molar-refractivity contribution in [2.75, 3.05) is 0 Å². The lowest BCUT2D eigenvalue weighted by Gasteiger charge is -2.07. The molecule has 0 aliphatic rings. The van der Waals surface area contributed by atoms with E-state index in [1.165, 1.54) is 0 Å². The first-order chi connectivity index (χ1) is 6.74. The van der Waals surface area contributed by atoms with E-state index in [1.807, 2.05) is 31.2 Å². The van der Waals surface area contributed by atoms with E-state index in [9.17, 15) is 5.11 Å². The molecule has 0 saturated carbocycles. The second-order valence-electron chi connectivity index (χ2n) is 3.18. The summed E-state index contributed by atoms with van der Waals surface area (Å²) in [6.07, 6.45) is 5.46. The van der Waals surface area contributed by atoms with Gasteiger partial charge in [0.2, 0.25) is 0 Å². The van der Waals surface area contributed by atoms with Crippen molar-refractivity contribution in [3.63, 3.8) is 0 Å². The maximum atomic E-state index is 9.61. The second-order valence-corrected chi connectivity index (χ2v) is 3.18. The Morgan fingerprint density at radius 2 is 2.43 bits per heavy atom. The summed E-state index contributed by atoms with van der Waals surface area (Å²) in [7, 11) is 0. The zero-order valence-electron chi connectivity index (χ0n) is 8.35. The Labute approximate surface area is 84.6 Å². The molecule has 1 heterocycles. The lowest BCUT2D eigenvalue weighted by molar-refractivity contribution is 0.215. The van der Waals surface area contributed by atoms with E-state index in [1.54, 1.807) is 12.3 Å². The minimum Gasteiger partial charge on any atom is -0.388 e. The monoisotopic (exact) mass is 189 g/mol. The van der Waals surface area contributed by atoms with Gasteiger partial charge in [-0.3, -0.25) is 4.98 Å². The maximum Gasteiger partial charge on any atom is 0.0785 e. The molecule has 0 aromatic carbocycles. The Bertz CT molecular complexity index is 316. The highest BCUT2D eigenvalue weighted by atomic mass is 16.3. The molecule has 74 valence electrons. The van der Waals surface area contributed by atoms with E-state index in [2.05, 4.69) is 11.6 Å². The highest BCUT2D eigenvalue weighted by Crippen LogP contribution is 2.10. The molecular weight excluding hydrogens is 174 g/mol. The highest BCUT2D eigenvalue weighted by Gasteiger charge is 2.03. The molecule has 1 atom stereocenters. The van der Waals surface area contributed by atoms with Crippen LogP contribution in [-0.2, 0) is 0 Å². The van der Waals surface area contributed by atoms with Gasteiger partial charge in [-0.2, -0.15) is 0 Å². The van der Waals surface area contributed by atoms with Crippen LogP contribution in [0.15, 0.2) is 42.6 Å². The molecule has 0 fully saturated rings. The van der Waals surface area contributed by atoms with Crippen molar-refractivity contribution in [2.24, 2.45) is 0 Å². The van der Waals surface area contributed by atoms with Crippen LogP contribution in [0, 0.1) is 0 Å². The average Bonchev–Trinajstić information content (AvgIpc) is 2.19. The predicted octanol–water partition coefficient (Wildman–Crippen LogP) is 2.42. The summed E-state index contributed by atoms with van der Waals surface area (Å²) >= 11 is 0. The third kappa shape index (κ3) is 3.15. The van der Waals surface area contributed by atoms with Gasteiger partial charge in [-0.05, 0) is 37.1 Å². The van der Waals surface area contributed by atoms with Crippen molar-refractivity contribution in [2.45, 2.75) is 19.4 Å². The van der Waals surface area contributed by atoms with Gasteiger partial charge in [0.1, 0.15) is 0 Å². The Hall–Kier alpha value is -1.41. The molecule has 0 aliphatic heterocycles. The molecule has 0 aliphatic carbocycles. The van der Waals surface area contributed by atoms with Crippen LogP contribution in [0.4, 0.5) is 0 Å². The zero-order valence-corrected chi connectivity index (χ0v) is 8.35. The average molecular weight is 189 g/mol. The first-order valence-electron chi connectivity index (χ1n) is 4.62. The number of hydrogen-bond donors (Lipinski definition) is 1. The van der Waals surface area contributed by atoms with Gasteiger partial charge >= 0.3 is 0 Å². The zero-order chi connectivity index (χ0) is 10.4. The molecule has 1 N–H and O–H groups in total. The van der Waals surface area contributed by atoms with Crippen molar-refractivity contribution in [3.8, 4) is 0 Å². The number of aliphatic hydroxyl groups excluding tert-OH is 1. The highest BCUT2D eigenvalue weighted by molar-refractivity contribution is 5.48. The normalized spacial score (nSPS) is 13.7. The summed E-state index contributed by atoms with van der Waals surface area (Å²) < 4.78 is 0. The number of nitrogens with zero attached hydrogens (tertiary/aromatic N) is 1. The number of hydrogen-bond acceptors (Lipinski definition) is 2. The quantitative estimate of drug-likeness (QED) is 0.738. The standard InChI is InChI=1S/C12H15NO/c1-3-6-12(14)10(2)9-11-7-4-5-8-13-11/h3-5,7-9,12,14H,1,6H2,2H3/b10-9+/t12-/m1/s1. The topological polar surface area (TPSA) is 33.1 Å². The first-order valence-corrected chi connectivity index (χ1v) is 4.62. The minimum absolute atomic E-state index is 0.450. The van der Waals surface area contributed by atoms with Gasteiger partial charge < -0.3 is 5.11 Å². The molecule has 14 heavy (non-hydrogen) atoms. The molecule has 0 bridgehead atoms. The lowest BCUT2D eigenvalue weighted by Crippen LogP contribution is -2.06. The Balaban J connectivity index is 2.73. The third-order valence-corrected chi connectivity index (χ3v) is 1.98. The second kappa shape index (κ2) is 5.35. The molecule has 1 aromatic heterocycles. The van der Waals surface area contributed by atoms with Crippen molar-refractivity contribution < 1.29 is 5.11 Å².